The Labute approximate surface area is 48.7 Å². The lowest BCUT2D eigenvalue weighted by Crippen LogP contribution is -1.63. The standard InChI is InChI=1S/C7H7N/c1-2-4-6-8-7-5-3-1/h1-7H/b2-1?,3-1?,4-2?,5-3?,6-4-,7-5?,8-6?,8-7?. The van der Waals surface area contributed by atoms with E-state index in [4.69, 9.17) is 0 Å². The van der Waals surface area contributed by atoms with Crippen LogP contribution in [0.15, 0.2) is 41.6 Å². The molecule has 1 aliphatic rings. The van der Waals surface area contributed by atoms with Gasteiger partial charge in [-0.3, -0.25) is 4.99 Å². The summed E-state index contributed by atoms with van der Waals surface area (Å²) < 4.78 is 0. The number of hydrogen-bond donors (Lipinski definition) is 0. The minimum atomic E-state index is 1.75. The van der Waals surface area contributed by atoms with Gasteiger partial charge in [0.15, 0.2) is 0 Å². The van der Waals surface area contributed by atoms with Gasteiger partial charge < -0.3 is 0 Å². The highest BCUT2D eigenvalue weighted by Gasteiger charge is 1.65. The average Bonchev–Trinajstić information content (AvgIpc) is 1.62. The van der Waals surface area contributed by atoms with E-state index < -0.39 is 0 Å². The molecule has 1 rings (SSSR count). The third-order valence-electron chi connectivity index (χ3n) is 0.789. The van der Waals surface area contributed by atoms with Gasteiger partial charge >= 0.3 is 0 Å². The molecule has 40 valence electrons. The quantitative estimate of drug-likeness (QED) is 0.444. The van der Waals surface area contributed by atoms with Crippen molar-refractivity contribution in [3.05, 3.63) is 36.6 Å². The average molecular weight is 105 g/mol. The molecule has 1 heterocycles. The van der Waals surface area contributed by atoms with Crippen molar-refractivity contribution >= 4 is 6.21 Å². The Hall–Kier alpha value is -1.11. The van der Waals surface area contributed by atoms with Gasteiger partial charge in [0.05, 0.1) is 0 Å². The van der Waals surface area contributed by atoms with E-state index in [0.717, 1.165) is 0 Å². The lowest BCUT2D eigenvalue weighted by atomic mass is 10.4. The largest absolute Gasteiger partial charge is 0.265 e. The monoisotopic (exact) mass is 105 g/mol. The molecule has 0 amide bonds. The summed E-state index contributed by atoms with van der Waals surface area (Å²) in [4.78, 5) is 3.89. The van der Waals surface area contributed by atoms with Gasteiger partial charge in [-0.15, -0.1) is 0 Å². The fraction of sp³-hybridized carbons (Fsp3) is 0. The number of aliphatic imine (C=N–C) groups is 1. The summed E-state index contributed by atoms with van der Waals surface area (Å²) in [5.41, 5.74) is 0. The van der Waals surface area contributed by atoms with Crippen molar-refractivity contribution in [2.75, 3.05) is 0 Å². The van der Waals surface area contributed by atoms with Crippen LogP contribution in [0.4, 0.5) is 0 Å². The molecule has 0 aromatic rings. The van der Waals surface area contributed by atoms with Crippen molar-refractivity contribution < 1.29 is 0 Å². The predicted molar refractivity (Wildman–Crippen MR) is 35.9 cm³/mol. The summed E-state index contributed by atoms with van der Waals surface area (Å²) in [6.45, 7) is 0. The molecule has 0 atom stereocenters. The molecular weight excluding hydrogens is 98.1 g/mol. The first-order valence-electron chi connectivity index (χ1n) is 2.52. The number of hydrogen-bond acceptors (Lipinski definition) is 1. The maximum absolute atomic E-state index is 3.89. The minimum absolute atomic E-state index is 1.75. The van der Waals surface area contributed by atoms with Crippen LogP contribution in [0.5, 0.6) is 0 Å². The fourth-order valence-electron chi connectivity index (χ4n) is 0.441. The molecule has 1 heteroatoms. The van der Waals surface area contributed by atoms with Crippen molar-refractivity contribution in [3.8, 4) is 0 Å². The van der Waals surface area contributed by atoms with Crippen LogP contribution < -0.4 is 0 Å². The van der Waals surface area contributed by atoms with Gasteiger partial charge in [-0.1, -0.05) is 18.2 Å². The third kappa shape index (κ3) is 1.56. The Balaban J connectivity index is 2.67. The second-order valence-electron chi connectivity index (χ2n) is 1.41. The third-order valence-corrected chi connectivity index (χ3v) is 0.789. The van der Waals surface area contributed by atoms with Gasteiger partial charge in [-0.25, -0.2) is 0 Å². The summed E-state index contributed by atoms with van der Waals surface area (Å²) in [6, 6.07) is 0. The Morgan fingerprint density at radius 3 is 2.50 bits per heavy atom. The van der Waals surface area contributed by atoms with E-state index in [0.29, 0.717) is 0 Å². The topological polar surface area (TPSA) is 12.4 Å². The van der Waals surface area contributed by atoms with Crippen molar-refractivity contribution in [2.24, 2.45) is 4.99 Å². The van der Waals surface area contributed by atoms with Crippen LogP contribution in [-0.2, 0) is 0 Å². The molecule has 0 spiro atoms. The molecule has 0 aromatic heterocycles. The van der Waals surface area contributed by atoms with E-state index in [2.05, 4.69) is 4.99 Å². The zero-order valence-corrected chi connectivity index (χ0v) is 4.49. The molecule has 0 saturated heterocycles. The molecule has 0 aliphatic carbocycles. The van der Waals surface area contributed by atoms with Crippen LogP contribution in [0.25, 0.3) is 0 Å². The molecule has 0 saturated carbocycles. The number of nitrogens with zero attached hydrogens (tertiary/aromatic N) is 1. The summed E-state index contributed by atoms with van der Waals surface area (Å²) in [5.74, 6) is 0. The van der Waals surface area contributed by atoms with Crippen LogP contribution in [0.3, 0.4) is 0 Å². The first-order valence-corrected chi connectivity index (χ1v) is 2.52. The van der Waals surface area contributed by atoms with Gasteiger partial charge in [0, 0.05) is 12.4 Å². The van der Waals surface area contributed by atoms with E-state index in [-0.39, 0.29) is 0 Å². The summed E-state index contributed by atoms with van der Waals surface area (Å²) in [6.07, 6.45) is 13.1. The lowest BCUT2D eigenvalue weighted by molar-refractivity contribution is 1.58. The Morgan fingerprint density at radius 1 is 0.750 bits per heavy atom. The number of allylic oxidation sites excluding steroid dienone is 5. The van der Waals surface area contributed by atoms with Gasteiger partial charge in [-0.05, 0) is 12.2 Å². The highest BCUT2D eigenvalue weighted by molar-refractivity contribution is 5.72. The molecule has 0 N–H and O–H groups in total. The Morgan fingerprint density at radius 2 is 1.50 bits per heavy atom. The van der Waals surface area contributed by atoms with E-state index >= 15 is 0 Å². The van der Waals surface area contributed by atoms with Gasteiger partial charge in [0.2, 0.25) is 0 Å². The van der Waals surface area contributed by atoms with E-state index in [1.807, 2.05) is 30.4 Å². The zero-order valence-electron chi connectivity index (χ0n) is 4.49. The fourth-order valence-corrected chi connectivity index (χ4v) is 0.441. The highest BCUT2D eigenvalue weighted by atomic mass is 14.6. The Kier molecular flexibility index (Phi) is 1.87. The lowest BCUT2D eigenvalue weighted by Gasteiger charge is -1.77. The second-order valence-corrected chi connectivity index (χ2v) is 1.41. The normalized spacial score (nSPS) is 20.0. The minimum Gasteiger partial charge on any atom is -0.265 e. The van der Waals surface area contributed by atoms with Gasteiger partial charge in [0.1, 0.15) is 0 Å². The molecule has 1 nitrogen and oxygen atoms in total. The van der Waals surface area contributed by atoms with E-state index in [9.17, 15) is 0 Å². The number of rotatable bonds is 0. The van der Waals surface area contributed by atoms with Gasteiger partial charge in [0.25, 0.3) is 0 Å². The van der Waals surface area contributed by atoms with Crippen LogP contribution in [0.2, 0.25) is 0 Å². The van der Waals surface area contributed by atoms with Gasteiger partial charge in [-0.2, -0.15) is 0 Å². The summed E-state index contributed by atoms with van der Waals surface area (Å²) >= 11 is 0. The smallest absolute Gasteiger partial charge is 0.0267 e. The van der Waals surface area contributed by atoms with Crippen molar-refractivity contribution in [2.45, 2.75) is 0 Å². The molecule has 8 heavy (non-hydrogen) atoms. The van der Waals surface area contributed by atoms with Crippen LogP contribution in [0.1, 0.15) is 0 Å². The molecule has 1 aliphatic heterocycles. The van der Waals surface area contributed by atoms with Crippen molar-refractivity contribution in [1.29, 1.82) is 0 Å². The highest BCUT2D eigenvalue weighted by Crippen LogP contribution is 1.83. The van der Waals surface area contributed by atoms with E-state index in [1.54, 1.807) is 12.4 Å². The maximum atomic E-state index is 3.89. The van der Waals surface area contributed by atoms with Crippen molar-refractivity contribution in [1.82, 2.24) is 0 Å². The first kappa shape index (κ1) is 5.04. The molecule has 0 unspecified atom stereocenters. The SMILES string of the molecule is C1=CC=N/C=C\C=C1. The zero-order chi connectivity index (χ0) is 5.66. The van der Waals surface area contributed by atoms with Crippen LogP contribution >= 0.6 is 0 Å². The molecular formula is C7H7N. The summed E-state index contributed by atoms with van der Waals surface area (Å²) in [5, 5.41) is 0. The predicted octanol–water partition coefficient (Wildman–Crippen LogP) is 1.70. The van der Waals surface area contributed by atoms with Crippen molar-refractivity contribution in [3.63, 3.8) is 0 Å². The first-order chi connectivity index (χ1) is 4.00. The maximum Gasteiger partial charge on any atom is 0.0267 e. The van der Waals surface area contributed by atoms with Crippen LogP contribution in [0, 0.1) is 0 Å². The molecule has 0 bridgehead atoms. The van der Waals surface area contributed by atoms with Crippen LogP contribution in [-0.4, -0.2) is 6.21 Å². The second kappa shape index (κ2) is 2.97. The molecule has 0 fully saturated rings. The molecule has 0 radical (unpaired) electrons. The summed E-state index contributed by atoms with van der Waals surface area (Å²) in [7, 11) is 0. The van der Waals surface area contributed by atoms with E-state index in [1.165, 1.54) is 0 Å². The molecule has 0 aromatic carbocycles. The Bertz CT molecular complexity index is 105.